The molecule has 7 aromatic carbocycles. The van der Waals surface area contributed by atoms with Crippen LogP contribution in [0.15, 0.2) is 103 Å². The van der Waals surface area contributed by atoms with Gasteiger partial charge in [-0.05, 0) is 91.4 Å². The summed E-state index contributed by atoms with van der Waals surface area (Å²) in [7, 11) is 9.07. The molecule has 13 heteroatoms. The van der Waals surface area contributed by atoms with Crippen molar-refractivity contribution in [3.05, 3.63) is 187 Å². The Hall–Kier alpha value is -8.45. The highest BCUT2D eigenvalue weighted by atomic mass is 16.5. The van der Waals surface area contributed by atoms with Gasteiger partial charge in [0.15, 0.2) is 0 Å². The van der Waals surface area contributed by atoms with Gasteiger partial charge in [0.2, 0.25) is 0 Å². The van der Waals surface area contributed by atoms with E-state index in [9.17, 15) is 14.7 Å². The molecule has 0 radical (unpaired) electrons. The summed E-state index contributed by atoms with van der Waals surface area (Å²) in [6, 6.07) is 30.9. The Bertz CT molecular complexity index is 3420. The lowest BCUT2D eigenvalue weighted by Crippen LogP contribution is -2.19. The Morgan fingerprint density at radius 1 is 0.298 bits per heavy atom. The summed E-state index contributed by atoms with van der Waals surface area (Å²) in [5.74, 6) is 1.13. The summed E-state index contributed by atoms with van der Waals surface area (Å²) in [6.07, 6.45) is 0.384. The van der Waals surface area contributed by atoms with E-state index in [4.69, 9.17) is 42.6 Å². The molecule has 442 valence electrons. The predicted octanol–water partition coefficient (Wildman–Crippen LogP) is 15.0. The average molecular weight is 1140 g/mol. The maximum Gasteiger partial charge on any atom is 0.343 e. The number of methoxy groups -OCH3 is 6. The second-order valence-electron chi connectivity index (χ2n) is 25.7. The van der Waals surface area contributed by atoms with Crippen LogP contribution in [-0.4, -0.2) is 65.7 Å². The third kappa shape index (κ3) is 13.8. The van der Waals surface area contributed by atoms with Crippen molar-refractivity contribution in [1.82, 2.24) is 0 Å². The number of ether oxygens (including phenoxy) is 9. The molecule has 13 nitrogen and oxygen atoms in total. The highest BCUT2D eigenvalue weighted by Crippen LogP contribution is 2.45. The summed E-state index contributed by atoms with van der Waals surface area (Å²) in [6.45, 7) is 25.4. The van der Waals surface area contributed by atoms with E-state index in [0.29, 0.717) is 79.0 Å². The zero-order valence-corrected chi connectivity index (χ0v) is 52.0. The SMILES string of the molecule is COc1cc(OC)cc(C(=O)Oc2c3cc(C(C)(C)C)cc2Cc2cc(C(C)(C)C)cc(c2OC(=O)c2cc(OC)cc(OC)c2)Cc2cc(C(C)(C)C)cc(c2OC(=O)c2cc(OC)cc(OC)c2)Cc2cc(C(C)(C)C)cc(c2O)C3)c1. The molecule has 8 rings (SSSR count). The summed E-state index contributed by atoms with van der Waals surface area (Å²) in [5.41, 5.74) is 7.30. The monoisotopic (exact) mass is 1140 g/mol. The lowest BCUT2D eigenvalue weighted by Gasteiger charge is -2.28. The average Bonchev–Trinajstić information content (AvgIpc) is 2.20. The van der Waals surface area contributed by atoms with Gasteiger partial charge in [-0.25, -0.2) is 14.4 Å². The lowest BCUT2D eigenvalue weighted by atomic mass is 9.79. The standard InChI is InChI=1S/C71H80O13/c1-68(2,3)51-23-40-19-42-25-52(69(4,5)6)27-44(62(42)82-65(73)48-31-55(76-13)37-56(32-48)77-14)21-46-29-54(71(10,11)12)30-47(64(46)84-67(75)50-35-59(80-17)39-60(36-50)81-18)22-45-28-53(70(7,8)9)26-43(20-41(24-51)61(40)72)63(45)83-66(74)49-33-57(78-15)38-58(34-49)79-16/h23-39,72H,19-22H2,1-18H3. The summed E-state index contributed by atoms with van der Waals surface area (Å²) < 4.78 is 54.0. The number of fused-ring (bicyclic) bond motifs is 8. The first-order chi connectivity index (χ1) is 39.4. The molecule has 7 aromatic rings. The van der Waals surface area contributed by atoms with E-state index in [-0.39, 0.29) is 65.4 Å². The van der Waals surface area contributed by atoms with Gasteiger partial charge in [-0.15, -0.1) is 0 Å². The molecule has 0 aromatic heterocycles. The third-order valence-corrected chi connectivity index (χ3v) is 15.3. The highest BCUT2D eigenvalue weighted by Gasteiger charge is 2.32. The number of benzene rings is 7. The number of esters is 3. The van der Waals surface area contributed by atoms with Crippen molar-refractivity contribution in [1.29, 1.82) is 0 Å². The normalized spacial score (nSPS) is 12.6. The summed E-state index contributed by atoms with van der Waals surface area (Å²) in [5, 5.41) is 13.0. The molecular weight excluding hydrogens is 1060 g/mol. The van der Waals surface area contributed by atoms with Gasteiger partial charge >= 0.3 is 17.9 Å². The van der Waals surface area contributed by atoms with Crippen LogP contribution in [0, 0.1) is 0 Å². The largest absolute Gasteiger partial charge is 0.507 e. The highest BCUT2D eigenvalue weighted by molar-refractivity contribution is 5.94. The molecule has 0 amide bonds. The molecule has 0 spiro atoms. The quantitative estimate of drug-likeness (QED) is 0.0912. The maximum atomic E-state index is 15.1. The number of aromatic hydroxyl groups is 1. The molecule has 0 heterocycles. The van der Waals surface area contributed by atoms with Crippen molar-refractivity contribution in [3.8, 4) is 57.5 Å². The number of phenols is 1. The zero-order valence-electron chi connectivity index (χ0n) is 52.0. The fraction of sp³-hybridized carbons (Fsp3) is 0.366. The number of carbonyl (C=O) groups excluding carboxylic acids is 3. The van der Waals surface area contributed by atoms with E-state index in [0.717, 1.165) is 22.3 Å². The van der Waals surface area contributed by atoms with E-state index in [1.807, 2.05) is 48.5 Å². The van der Waals surface area contributed by atoms with Gasteiger partial charge in [-0.3, -0.25) is 0 Å². The molecule has 1 N–H and O–H groups in total. The summed E-state index contributed by atoms with van der Waals surface area (Å²) in [4.78, 5) is 45.0. The molecule has 8 bridgehead atoms. The molecule has 0 saturated heterocycles. The third-order valence-electron chi connectivity index (χ3n) is 15.3. The van der Waals surface area contributed by atoms with Gasteiger partial charge in [-0.2, -0.15) is 0 Å². The van der Waals surface area contributed by atoms with Crippen LogP contribution in [0.4, 0.5) is 0 Å². The van der Waals surface area contributed by atoms with Crippen LogP contribution in [0.1, 0.15) is 181 Å². The second-order valence-corrected chi connectivity index (χ2v) is 25.7. The first-order valence-electron chi connectivity index (χ1n) is 28.1. The summed E-state index contributed by atoms with van der Waals surface area (Å²) >= 11 is 0. The van der Waals surface area contributed by atoms with Crippen LogP contribution in [0.5, 0.6) is 57.5 Å². The second kappa shape index (κ2) is 24.0. The molecule has 0 saturated carbocycles. The molecule has 0 unspecified atom stereocenters. The molecule has 0 aliphatic heterocycles. The number of hydrogen-bond acceptors (Lipinski definition) is 13. The van der Waals surface area contributed by atoms with Crippen molar-refractivity contribution in [2.24, 2.45) is 0 Å². The van der Waals surface area contributed by atoms with Crippen LogP contribution in [0.2, 0.25) is 0 Å². The molecule has 1 aliphatic carbocycles. The van der Waals surface area contributed by atoms with E-state index >= 15 is 4.79 Å². The Kier molecular flexibility index (Phi) is 17.6. The van der Waals surface area contributed by atoms with E-state index in [2.05, 4.69) is 83.1 Å². The Labute approximate surface area is 495 Å². The number of hydrogen-bond donors (Lipinski definition) is 1. The van der Waals surface area contributed by atoms with Crippen molar-refractivity contribution >= 4 is 17.9 Å². The maximum absolute atomic E-state index is 15.1. The van der Waals surface area contributed by atoms with Gasteiger partial charge in [0.1, 0.15) is 57.5 Å². The molecule has 0 atom stereocenters. The number of rotatable bonds is 12. The van der Waals surface area contributed by atoms with Gasteiger partial charge < -0.3 is 47.7 Å². The van der Waals surface area contributed by atoms with Crippen molar-refractivity contribution in [2.45, 2.75) is 130 Å². The predicted molar refractivity (Wildman–Crippen MR) is 327 cm³/mol. The van der Waals surface area contributed by atoms with Crippen LogP contribution in [0.25, 0.3) is 0 Å². The minimum absolute atomic E-state index is 0.0357. The Morgan fingerprint density at radius 3 is 0.655 bits per heavy atom. The van der Waals surface area contributed by atoms with Crippen LogP contribution in [-0.2, 0) is 47.3 Å². The first-order valence-corrected chi connectivity index (χ1v) is 28.1. The van der Waals surface area contributed by atoms with Gasteiger partial charge in [0.25, 0.3) is 0 Å². The van der Waals surface area contributed by atoms with E-state index < -0.39 is 39.6 Å². The number of carbonyl (C=O) groups is 3. The number of phenolic OH excluding ortho intramolecular Hbond substituents is 1. The molecule has 1 aliphatic rings. The first kappa shape index (κ1) is 61.6. The molecule has 0 fully saturated rings. The minimum atomic E-state index is -0.693. The van der Waals surface area contributed by atoms with Gasteiger partial charge in [0, 0.05) is 77.3 Å². The molecular formula is C71H80O13. The lowest BCUT2D eigenvalue weighted by molar-refractivity contribution is 0.0721. The van der Waals surface area contributed by atoms with Crippen LogP contribution in [0.3, 0.4) is 0 Å². The zero-order chi connectivity index (χ0) is 61.4. The smallest absolute Gasteiger partial charge is 0.343 e. The molecule has 84 heavy (non-hydrogen) atoms. The van der Waals surface area contributed by atoms with Crippen LogP contribution >= 0.6 is 0 Å². The van der Waals surface area contributed by atoms with Crippen molar-refractivity contribution in [3.63, 3.8) is 0 Å². The Morgan fingerprint density at radius 2 is 0.476 bits per heavy atom. The van der Waals surface area contributed by atoms with Gasteiger partial charge in [-0.1, -0.05) is 132 Å². The van der Waals surface area contributed by atoms with Crippen molar-refractivity contribution in [2.75, 3.05) is 42.7 Å². The minimum Gasteiger partial charge on any atom is -0.507 e. The fourth-order valence-electron chi connectivity index (χ4n) is 10.3. The topological polar surface area (TPSA) is 155 Å². The van der Waals surface area contributed by atoms with E-state index in [1.165, 1.54) is 42.7 Å². The van der Waals surface area contributed by atoms with E-state index in [1.54, 1.807) is 54.6 Å². The Balaban J connectivity index is 1.52. The van der Waals surface area contributed by atoms with Gasteiger partial charge in [0.05, 0.1) is 59.3 Å². The van der Waals surface area contributed by atoms with Crippen molar-refractivity contribution < 1.29 is 62.1 Å². The van der Waals surface area contributed by atoms with Crippen LogP contribution < -0.4 is 42.6 Å². The fourth-order valence-corrected chi connectivity index (χ4v) is 10.3.